The van der Waals surface area contributed by atoms with Crippen molar-refractivity contribution in [1.82, 2.24) is 14.9 Å². The van der Waals surface area contributed by atoms with Gasteiger partial charge in [0.15, 0.2) is 0 Å². The second kappa shape index (κ2) is 12.4. The van der Waals surface area contributed by atoms with Crippen LogP contribution in [0.1, 0.15) is 48.1 Å². The third kappa shape index (κ3) is 6.98. The minimum absolute atomic E-state index is 0.00255. The Balaban J connectivity index is 1.14. The average molecular weight is 631 g/mol. The molecule has 3 aromatic rings. The van der Waals surface area contributed by atoms with E-state index in [0.717, 1.165) is 48.9 Å². The monoisotopic (exact) mass is 630 g/mol. The number of alkyl halides is 5. The first-order valence-electron chi connectivity index (χ1n) is 15.1. The highest BCUT2D eigenvalue weighted by Gasteiger charge is 2.37. The molecular weight excluding hydrogens is 595 g/mol. The van der Waals surface area contributed by atoms with E-state index in [0.29, 0.717) is 30.2 Å². The quantitative estimate of drug-likeness (QED) is 0.286. The number of halogens is 5. The lowest BCUT2D eigenvalue weighted by molar-refractivity contribution is -0.138. The number of piperidine rings is 2. The number of carbonyl (C=O) groups excluding carboxylic acids is 1. The standard InChI is InChI=1S/C32H35F5N6O2/c1-45-28-17-22(42-13-9-21(10-14-42)43-15-11-31(33,34)12-16-43)6-8-27(28)41-30-38-19-24(32(35,36)37)26(40-30)7-5-20-3-2-4-25-23(20)18-29(44)39-25/h2-4,6,8,17,19,21H,5,7,9-16,18H2,1H3,(H,39,44)(H,38,40,41). The Labute approximate surface area is 258 Å². The molecule has 0 saturated carbocycles. The fourth-order valence-electron chi connectivity index (χ4n) is 6.51. The maximum absolute atomic E-state index is 13.9. The number of likely N-dealkylation sites (tertiary alicyclic amines) is 1. The fourth-order valence-corrected chi connectivity index (χ4v) is 6.51. The van der Waals surface area contributed by atoms with Gasteiger partial charge in [-0.05, 0) is 55.0 Å². The Morgan fingerprint density at radius 2 is 1.82 bits per heavy atom. The number of aryl methyl sites for hydroxylation is 2. The van der Waals surface area contributed by atoms with Gasteiger partial charge in [0.2, 0.25) is 11.9 Å². The van der Waals surface area contributed by atoms with Gasteiger partial charge in [0, 0.05) is 68.7 Å². The molecule has 13 heteroatoms. The smallest absolute Gasteiger partial charge is 0.419 e. The molecule has 2 fully saturated rings. The van der Waals surface area contributed by atoms with Crippen LogP contribution in [0, 0.1) is 0 Å². The molecule has 8 nitrogen and oxygen atoms in total. The lowest BCUT2D eigenvalue weighted by Gasteiger charge is -2.42. The molecule has 3 aliphatic rings. The SMILES string of the molecule is COc1cc(N2CCC(N3CCC(F)(F)CC3)CC2)ccc1Nc1ncc(C(F)(F)F)c(CCc2cccc3c2CC(=O)N3)n1. The summed E-state index contributed by atoms with van der Waals surface area (Å²) in [5, 5.41) is 5.79. The molecule has 2 saturated heterocycles. The van der Waals surface area contributed by atoms with E-state index >= 15 is 0 Å². The Kier molecular flexibility index (Phi) is 8.55. The van der Waals surface area contributed by atoms with Crippen molar-refractivity contribution in [3.8, 4) is 5.75 Å². The number of benzene rings is 2. The number of carbonyl (C=O) groups is 1. The Hall–Kier alpha value is -4.00. The summed E-state index contributed by atoms with van der Waals surface area (Å²) in [6.45, 7) is 2.39. The summed E-state index contributed by atoms with van der Waals surface area (Å²) in [5.41, 5.74) is 2.66. The molecule has 0 spiro atoms. The van der Waals surface area contributed by atoms with Crippen molar-refractivity contribution in [2.24, 2.45) is 0 Å². The summed E-state index contributed by atoms with van der Waals surface area (Å²) < 4.78 is 74.5. The van der Waals surface area contributed by atoms with Crippen LogP contribution in [0.5, 0.6) is 5.75 Å². The molecular formula is C32H35F5N6O2. The van der Waals surface area contributed by atoms with Crippen LogP contribution in [0.2, 0.25) is 0 Å². The van der Waals surface area contributed by atoms with Crippen molar-refractivity contribution in [1.29, 1.82) is 0 Å². The summed E-state index contributed by atoms with van der Waals surface area (Å²) in [7, 11) is 1.51. The first-order valence-corrected chi connectivity index (χ1v) is 15.1. The van der Waals surface area contributed by atoms with E-state index in [4.69, 9.17) is 4.74 Å². The third-order valence-electron chi connectivity index (χ3n) is 9.00. The molecule has 2 aromatic carbocycles. The first-order chi connectivity index (χ1) is 21.5. The topological polar surface area (TPSA) is 82.6 Å². The Morgan fingerprint density at radius 3 is 2.53 bits per heavy atom. The number of methoxy groups -OCH3 is 1. The normalized spacial score (nSPS) is 18.9. The fraction of sp³-hybridized carbons (Fsp3) is 0.469. The van der Waals surface area contributed by atoms with Crippen LogP contribution in [0.4, 0.5) is 45.0 Å². The van der Waals surface area contributed by atoms with Gasteiger partial charge in [-0.25, -0.2) is 18.7 Å². The third-order valence-corrected chi connectivity index (χ3v) is 9.00. The van der Waals surface area contributed by atoms with Crippen molar-refractivity contribution >= 4 is 28.9 Å². The second-order valence-electron chi connectivity index (χ2n) is 11.8. The minimum atomic E-state index is -4.63. The van der Waals surface area contributed by atoms with Gasteiger partial charge >= 0.3 is 6.18 Å². The molecule has 45 heavy (non-hydrogen) atoms. The number of hydrogen-bond acceptors (Lipinski definition) is 7. The van der Waals surface area contributed by atoms with E-state index in [1.807, 2.05) is 18.2 Å². The van der Waals surface area contributed by atoms with Gasteiger partial charge in [-0.2, -0.15) is 13.2 Å². The molecule has 0 atom stereocenters. The molecule has 0 radical (unpaired) electrons. The van der Waals surface area contributed by atoms with Crippen LogP contribution in [0.3, 0.4) is 0 Å². The summed E-state index contributed by atoms with van der Waals surface area (Å²) in [6, 6.07) is 11.2. The number of anilines is 4. The summed E-state index contributed by atoms with van der Waals surface area (Å²) in [4.78, 5) is 24.5. The van der Waals surface area contributed by atoms with E-state index in [2.05, 4.69) is 30.4 Å². The van der Waals surface area contributed by atoms with Crippen LogP contribution >= 0.6 is 0 Å². The molecule has 0 aliphatic carbocycles. The van der Waals surface area contributed by atoms with Crippen molar-refractivity contribution < 1.29 is 31.5 Å². The Bertz CT molecular complexity index is 1550. The lowest BCUT2D eigenvalue weighted by atomic mass is 9.98. The van der Waals surface area contributed by atoms with E-state index in [1.54, 1.807) is 18.2 Å². The highest BCUT2D eigenvalue weighted by Crippen LogP contribution is 2.36. The number of nitrogens with zero attached hydrogens (tertiary/aromatic N) is 4. The van der Waals surface area contributed by atoms with Gasteiger partial charge in [0.25, 0.3) is 5.92 Å². The van der Waals surface area contributed by atoms with Crippen molar-refractivity contribution in [2.45, 2.75) is 63.1 Å². The number of fused-ring (bicyclic) bond motifs is 1. The molecule has 6 rings (SSSR count). The summed E-state index contributed by atoms with van der Waals surface area (Å²) in [5.74, 6) is -2.21. The van der Waals surface area contributed by atoms with E-state index < -0.39 is 17.7 Å². The van der Waals surface area contributed by atoms with E-state index in [9.17, 15) is 26.7 Å². The zero-order valence-electron chi connectivity index (χ0n) is 24.9. The van der Waals surface area contributed by atoms with Gasteiger partial charge in [-0.1, -0.05) is 12.1 Å². The molecule has 4 heterocycles. The van der Waals surface area contributed by atoms with Crippen molar-refractivity contribution in [3.63, 3.8) is 0 Å². The zero-order valence-corrected chi connectivity index (χ0v) is 24.9. The number of ether oxygens (including phenoxy) is 1. The largest absolute Gasteiger partial charge is 0.494 e. The van der Waals surface area contributed by atoms with Gasteiger partial charge in [-0.15, -0.1) is 0 Å². The highest BCUT2D eigenvalue weighted by atomic mass is 19.4. The van der Waals surface area contributed by atoms with Gasteiger partial charge < -0.3 is 20.3 Å². The summed E-state index contributed by atoms with van der Waals surface area (Å²) >= 11 is 0. The second-order valence-corrected chi connectivity index (χ2v) is 11.8. The lowest BCUT2D eigenvalue weighted by Crippen LogP contribution is -2.49. The summed E-state index contributed by atoms with van der Waals surface area (Å²) in [6.07, 6.45) is -1.80. The predicted molar refractivity (Wildman–Crippen MR) is 160 cm³/mol. The van der Waals surface area contributed by atoms with Crippen LogP contribution in [0.25, 0.3) is 0 Å². The van der Waals surface area contributed by atoms with Crippen molar-refractivity contribution in [2.75, 3.05) is 48.8 Å². The molecule has 1 amide bonds. The average Bonchev–Trinajstić information content (AvgIpc) is 3.40. The maximum atomic E-state index is 13.9. The number of hydrogen-bond donors (Lipinski definition) is 2. The highest BCUT2D eigenvalue weighted by molar-refractivity contribution is 5.99. The van der Waals surface area contributed by atoms with E-state index in [-0.39, 0.29) is 55.7 Å². The number of nitrogens with one attached hydrogen (secondary N) is 2. The predicted octanol–water partition coefficient (Wildman–Crippen LogP) is 6.23. The molecule has 0 unspecified atom stereocenters. The van der Waals surface area contributed by atoms with Gasteiger partial charge in [0.05, 0.1) is 30.5 Å². The number of rotatable bonds is 8. The van der Waals surface area contributed by atoms with Crippen LogP contribution in [0.15, 0.2) is 42.6 Å². The van der Waals surface area contributed by atoms with Crippen LogP contribution in [-0.2, 0) is 30.2 Å². The number of amides is 1. The first kappa shape index (κ1) is 31.0. The van der Waals surface area contributed by atoms with Gasteiger partial charge in [0.1, 0.15) is 5.75 Å². The minimum Gasteiger partial charge on any atom is -0.494 e. The molecule has 240 valence electrons. The van der Waals surface area contributed by atoms with Crippen LogP contribution in [-0.4, -0.2) is 66.0 Å². The molecule has 2 N–H and O–H groups in total. The van der Waals surface area contributed by atoms with Gasteiger partial charge in [-0.3, -0.25) is 9.69 Å². The number of aromatic nitrogens is 2. The maximum Gasteiger partial charge on any atom is 0.419 e. The Morgan fingerprint density at radius 1 is 1.07 bits per heavy atom. The van der Waals surface area contributed by atoms with Crippen molar-refractivity contribution in [3.05, 3.63) is 65.0 Å². The van der Waals surface area contributed by atoms with E-state index in [1.165, 1.54) is 7.11 Å². The molecule has 1 aromatic heterocycles. The molecule has 0 bridgehead atoms. The van der Waals surface area contributed by atoms with Crippen LogP contribution < -0.4 is 20.3 Å². The zero-order chi connectivity index (χ0) is 31.8. The molecule has 3 aliphatic heterocycles.